The summed E-state index contributed by atoms with van der Waals surface area (Å²) in [4.78, 5) is 14.1. The molecule has 112 valence electrons. The smallest absolute Gasteiger partial charge is 0.285 e. The van der Waals surface area contributed by atoms with Crippen molar-refractivity contribution >= 4 is 40.0 Å². The van der Waals surface area contributed by atoms with Crippen LogP contribution < -0.4 is 5.01 Å². The van der Waals surface area contributed by atoms with E-state index < -0.39 is 0 Å². The van der Waals surface area contributed by atoms with E-state index in [1.165, 1.54) is 4.88 Å². The average molecular weight is 333 g/mol. The predicted molar refractivity (Wildman–Crippen MR) is 87.7 cm³/mol. The Morgan fingerprint density at radius 2 is 2.23 bits per heavy atom. The molecule has 0 bridgehead atoms. The second-order valence-corrected chi connectivity index (χ2v) is 6.61. The molecule has 4 rings (SSSR count). The molecule has 0 saturated carbocycles. The number of fused-ring (bicyclic) bond motifs is 2. The third-order valence-electron chi connectivity index (χ3n) is 3.86. The number of hydrogen-bond donors (Lipinski definition) is 0. The van der Waals surface area contributed by atoms with Gasteiger partial charge in [-0.1, -0.05) is 11.6 Å². The van der Waals surface area contributed by atoms with Crippen LogP contribution in [0.15, 0.2) is 35.8 Å². The maximum absolute atomic E-state index is 12.8. The van der Waals surface area contributed by atoms with Gasteiger partial charge in [0.15, 0.2) is 5.69 Å². The summed E-state index contributed by atoms with van der Waals surface area (Å²) in [7, 11) is 1.91. The van der Waals surface area contributed by atoms with Gasteiger partial charge in [0, 0.05) is 31.1 Å². The highest BCUT2D eigenvalue weighted by molar-refractivity contribution is 7.10. The first-order valence-corrected chi connectivity index (χ1v) is 8.16. The number of thiophene rings is 1. The number of hydrazine groups is 1. The maximum Gasteiger partial charge on any atom is 0.292 e. The van der Waals surface area contributed by atoms with Crippen LogP contribution in [-0.2, 0) is 6.42 Å². The van der Waals surface area contributed by atoms with E-state index in [9.17, 15) is 4.79 Å². The number of amides is 1. The highest BCUT2D eigenvalue weighted by Gasteiger charge is 2.28. The van der Waals surface area contributed by atoms with Gasteiger partial charge in [-0.25, -0.2) is 9.52 Å². The van der Waals surface area contributed by atoms with Crippen molar-refractivity contribution in [1.82, 2.24) is 14.6 Å². The highest BCUT2D eigenvalue weighted by Crippen LogP contribution is 2.31. The lowest BCUT2D eigenvalue weighted by atomic mass is 10.2. The van der Waals surface area contributed by atoms with Gasteiger partial charge in [0.2, 0.25) is 0 Å². The topological polar surface area (TPSA) is 40.9 Å². The quantitative estimate of drug-likeness (QED) is 0.687. The average Bonchev–Trinajstić information content (AvgIpc) is 3.12. The van der Waals surface area contributed by atoms with Gasteiger partial charge in [-0.15, -0.1) is 11.3 Å². The lowest BCUT2D eigenvalue weighted by Crippen LogP contribution is -2.48. The van der Waals surface area contributed by atoms with E-state index in [0.717, 1.165) is 17.6 Å². The number of rotatable bonds is 1. The molecule has 0 fully saturated rings. The fourth-order valence-corrected chi connectivity index (χ4v) is 3.78. The van der Waals surface area contributed by atoms with Gasteiger partial charge in [-0.05, 0) is 29.6 Å². The number of aromatic nitrogens is 2. The Balaban J connectivity index is 1.68. The second-order valence-electron chi connectivity index (χ2n) is 5.18. The molecule has 0 aromatic carbocycles. The number of pyridine rings is 1. The molecule has 3 aromatic heterocycles. The number of halogens is 1. The molecule has 0 N–H and O–H groups in total. The SMILES string of the molecule is CN1c2ccsc2CCN1C(=O)c1cc2ccc(Cl)cn2n1. The van der Waals surface area contributed by atoms with Crippen LogP contribution in [0.3, 0.4) is 0 Å². The Hall–Kier alpha value is -2.05. The monoisotopic (exact) mass is 332 g/mol. The third-order valence-corrected chi connectivity index (χ3v) is 5.05. The molecule has 5 nitrogen and oxygen atoms in total. The van der Waals surface area contributed by atoms with Crippen molar-refractivity contribution in [1.29, 1.82) is 0 Å². The van der Waals surface area contributed by atoms with Gasteiger partial charge < -0.3 is 0 Å². The van der Waals surface area contributed by atoms with E-state index >= 15 is 0 Å². The van der Waals surface area contributed by atoms with Crippen molar-refractivity contribution in [3.8, 4) is 0 Å². The summed E-state index contributed by atoms with van der Waals surface area (Å²) in [5.41, 5.74) is 2.37. The zero-order valence-corrected chi connectivity index (χ0v) is 13.4. The van der Waals surface area contributed by atoms with Gasteiger partial charge >= 0.3 is 0 Å². The zero-order chi connectivity index (χ0) is 15.3. The summed E-state index contributed by atoms with van der Waals surface area (Å²) in [5, 5.41) is 10.6. The van der Waals surface area contributed by atoms with E-state index in [2.05, 4.69) is 10.5 Å². The number of hydrogen-bond acceptors (Lipinski definition) is 4. The number of nitrogens with zero attached hydrogens (tertiary/aromatic N) is 4. The molecular formula is C15H13ClN4OS. The van der Waals surface area contributed by atoms with Crippen LogP contribution in [0.2, 0.25) is 5.02 Å². The van der Waals surface area contributed by atoms with Gasteiger partial charge in [0.1, 0.15) is 0 Å². The maximum atomic E-state index is 12.8. The first-order valence-electron chi connectivity index (χ1n) is 6.90. The normalized spacial score (nSPS) is 14.5. The fraction of sp³-hybridized carbons (Fsp3) is 0.200. The van der Waals surface area contributed by atoms with Crippen LogP contribution >= 0.6 is 22.9 Å². The summed E-state index contributed by atoms with van der Waals surface area (Å²) in [6.45, 7) is 0.664. The summed E-state index contributed by atoms with van der Waals surface area (Å²) in [6, 6.07) is 7.47. The van der Waals surface area contributed by atoms with E-state index in [1.807, 2.05) is 24.2 Å². The molecule has 1 aliphatic rings. The minimum atomic E-state index is -0.0980. The minimum absolute atomic E-state index is 0.0980. The molecule has 0 aliphatic carbocycles. The molecule has 4 heterocycles. The lowest BCUT2D eigenvalue weighted by molar-refractivity contribution is 0.0733. The molecule has 1 aliphatic heterocycles. The van der Waals surface area contributed by atoms with Gasteiger partial charge in [0.25, 0.3) is 5.91 Å². The molecule has 3 aromatic rings. The number of anilines is 1. The van der Waals surface area contributed by atoms with Crippen LogP contribution in [0, 0.1) is 0 Å². The molecule has 1 amide bonds. The first kappa shape index (κ1) is 13.6. The van der Waals surface area contributed by atoms with Crippen molar-refractivity contribution in [2.24, 2.45) is 0 Å². The first-order chi connectivity index (χ1) is 10.6. The van der Waals surface area contributed by atoms with Crippen LogP contribution in [-0.4, -0.2) is 34.1 Å². The fourth-order valence-electron chi connectivity index (χ4n) is 2.73. The van der Waals surface area contributed by atoms with Crippen molar-refractivity contribution in [3.63, 3.8) is 0 Å². The molecule has 22 heavy (non-hydrogen) atoms. The van der Waals surface area contributed by atoms with Gasteiger partial charge in [0.05, 0.1) is 16.2 Å². The van der Waals surface area contributed by atoms with Crippen molar-refractivity contribution in [2.45, 2.75) is 6.42 Å². The van der Waals surface area contributed by atoms with E-state index in [4.69, 9.17) is 11.6 Å². The Labute approximate surface area is 136 Å². The Morgan fingerprint density at radius 1 is 1.36 bits per heavy atom. The molecule has 0 saturated heterocycles. The van der Waals surface area contributed by atoms with Crippen molar-refractivity contribution in [2.75, 3.05) is 18.6 Å². The third kappa shape index (κ3) is 2.07. The standard InChI is InChI=1S/C15H13ClN4OS/c1-18-13-5-7-22-14(13)4-6-20(18)15(21)12-8-11-3-2-10(16)9-19(11)17-12/h2-3,5,7-9H,4,6H2,1H3. The highest BCUT2D eigenvalue weighted by atomic mass is 35.5. The Kier molecular flexibility index (Phi) is 3.09. The number of carbonyl (C=O) groups is 1. The van der Waals surface area contributed by atoms with Crippen molar-refractivity contribution < 1.29 is 4.79 Å². The van der Waals surface area contributed by atoms with E-state index in [1.54, 1.807) is 39.2 Å². The van der Waals surface area contributed by atoms with E-state index in [0.29, 0.717) is 17.3 Å². The summed E-state index contributed by atoms with van der Waals surface area (Å²) in [5.74, 6) is -0.0980. The molecule has 0 radical (unpaired) electrons. The number of carbonyl (C=O) groups excluding carboxylic acids is 1. The Morgan fingerprint density at radius 3 is 3.09 bits per heavy atom. The minimum Gasteiger partial charge on any atom is -0.285 e. The van der Waals surface area contributed by atoms with Gasteiger partial charge in [-0.2, -0.15) is 5.10 Å². The van der Waals surface area contributed by atoms with Crippen LogP contribution in [0.4, 0.5) is 5.69 Å². The van der Waals surface area contributed by atoms with Crippen molar-refractivity contribution in [3.05, 3.63) is 51.4 Å². The summed E-state index contributed by atoms with van der Waals surface area (Å²) in [6.07, 6.45) is 2.58. The Bertz CT molecular complexity index is 871. The zero-order valence-electron chi connectivity index (χ0n) is 11.9. The van der Waals surface area contributed by atoms with Crippen LogP contribution in [0.5, 0.6) is 0 Å². The summed E-state index contributed by atoms with van der Waals surface area (Å²) < 4.78 is 1.63. The molecule has 0 atom stereocenters. The largest absolute Gasteiger partial charge is 0.292 e. The molecule has 0 spiro atoms. The molecule has 7 heteroatoms. The van der Waals surface area contributed by atoms with Crippen LogP contribution in [0.1, 0.15) is 15.4 Å². The predicted octanol–water partition coefficient (Wildman–Crippen LogP) is 3.10. The molecular weight excluding hydrogens is 320 g/mol. The van der Waals surface area contributed by atoms with E-state index in [-0.39, 0.29) is 5.91 Å². The second kappa shape index (κ2) is 5.00. The van der Waals surface area contributed by atoms with Crippen LogP contribution in [0.25, 0.3) is 5.52 Å². The lowest BCUT2D eigenvalue weighted by Gasteiger charge is -2.36. The molecule has 0 unspecified atom stereocenters. The summed E-state index contributed by atoms with van der Waals surface area (Å²) >= 11 is 7.69. The van der Waals surface area contributed by atoms with Gasteiger partial charge in [-0.3, -0.25) is 9.80 Å².